The Morgan fingerprint density at radius 2 is 0.475 bits per heavy atom. The molecule has 0 heterocycles. The highest BCUT2D eigenvalue weighted by atomic mass is 16.6. The van der Waals surface area contributed by atoms with Gasteiger partial charge in [-0.1, -0.05) is 6.08 Å². The Labute approximate surface area is 240 Å². The van der Waals surface area contributed by atoms with Crippen molar-refractivity contribution in [1.29, 1.82) is 0 Å². The summed E-state index contributed by atoms with van der Waals surface area (Å²) in [5, 5.41) is 0. The molecule has 13 heteroatoms. The van der Waals surface area contributed by atoms with E-state index < -0.39 is 0 Å². The zero-order chi connectivity index (χ0) is 28.9. The Morgan fingerprint density at radius 3 is 0.650 bits per heavy atom. The average Bonchev–Trinajstić information content (AvgIpc) is 2.97. The van der Waals surface area contributed by atoms with Crippen LogP contribution in [0, 0.1) is 0 Å². The first kappa shape index (κ1) is 39.2. The molecule has 40 heavy (non-hydrogen) atoms. The Balaban J connectivity index is 3.02. The van der Waals surface area contributed by atoms with Crippen molar-refractivity contribution >= 4 is 0 Å². The van der Waals surface area contributed by atoms with Crippen LogP contribution in [0.3, 0.4) is 0 Å². The first-order valence-electron chi connectivity index (χ1n) is 14.2. The topological polar surface area (TPSA) is 137 Å². The number of nitrogens with two attached hydrogens (primary N) is 1. The fourth-order valence-electron chi connectivity index (χ4n) is 2.67. The van der Waals surface area contributed by atoms with Gasteiger partial charge >= 0.3 is 0 Å². The van der Waals surface area contributed by atoms with Crippen molar-refractivity contribution in [2.75, 3.05) is 165 Å². The van der Waals surface area contributed by atoms with Crippen LogP contribution in [0.1, 0.15) is 0 Å². The molecule has 240 valence electrons. The summed E-state index contributed by atoms with van der Waals surface area (Å²) in [5.74, 6) is 0. The van der Waals surface area contributed by atoms with Gasteiger partial charge in [0.15, 0.2) is 0 Å². The molecular formula is C27H55NO12. The van der Waals surface area contributed by atoms with E-state index in [2.05, 4.69) is 6.58 Å². The standard InChI is InChI=1S/C27H55NO12/c1-2-4-29-6-8-31-10-12-33-14-16-35-18-20-37-22-24-39-26-27-40-25-23-38-21-19-36-17-15-34-13-11-32-9-7-30-5-3-28/h2H,1,3-28H2. The third-order valence-electron chi connectivity index (χ3n) is 4.59. The van der Waals surface area contributed by atoms with Crippen molar-refractivity contribution in [3.05, 3.63) is 12.7 Å². The molecule has 0 rings (SSSR count). The molecule has 0 aromatic carbocycles. The van der Waals surface area contributed by atoms with E-state index in [1.54, 1.807) is 6.08 Å². The lowest BCUT2D eigenvalue weighted by molar-refractivity contribution is -0.0281. The minimum atomic E-state index is 0.513. The largest absolute Gasteiger partial charge is 0.378 e. The van der Waals surface area contributed by atoms with E-state index in [0.717, 1.165) is 0 Å². The first-order chi connectivity index (χ1) is 19.9. The van der Waals surface area contributed by atoms with Crippen molar-refractivity contribution in [2.24, 2.45) is 5.73 Å². The molecule has 0 aromatic heterocycles. The Morgan fingerprint density at radius 1 is 0.300 bits per heavy atom. The minimum Gasteiger partial charge on any atom is -0.378 e. The van der Waals surface area contributed by atoms with E-state index in [0.29, 0.717) is 165 Å². The van der Waals surface area contributed by atoms with Crippen LogP contribution >= 0.6 is 0 Å². The maximum absolute atomic E-state index is 5.46. The number of ether oxygens (including phenoxy) is 12. The summed E-state index contributed by atoms with van der Waals surface area (Å²) in [6.07, 6.45) is 1.71. The van der Waals surface area contributed by atoms with Gasteiger partial charge in [0.2, 0.25) is 0 Å². The summed E-state index contributed by atoms with van der Waals surface area (Å²) in [7, 11) is 0. The van der Waals surface area contributed by atoms with Gasteiger partial charge in [-0.15, -0.1) is 6.58 Å². The van der Waals surface area contributed by atoms with Gasteiger partial charge in [0.1, 0.15) is 0 Å². The van der Waals surface area contributed by atoms with Crippen LogP contribution in [-0.2, 0) is 56.8 Å². The molecule has 13 nitrogen and oxygen atoms in total. The van der Waals surface area contributed by atoms with Gasteiger partial charge < -0.3 is 62.6 Å². The molecule has 0 aliphatic heterocycles. The van der Waals surface area contributed by atoms with Crippen LogP contribution in [0.15, 0.2) is 12.7 Å². The number of hydrogen-bond acceptors (Lipinski definition) is 13. The molecule has 0 aliphatic rings. The van der Waals surface area contributed by atoms with E-state index in [1.807, 2.05) is 0 Å². The molecule has 0 bridgehead atoms. The van der Waals surface area contributed by atoms with Crippen LogP contribution in [0.25, 0.3) is 0 Å². The van der Waals surface area contributed by atoms with E-state index in [1.165, 1.54) is 0 Å². The molecule has 0 fully saturated rings. The predicted octanol–water partition coefficient (Wildman–Crippen LogP) is 0.330. The molecule has 2 N–H and O–H groups in total. The average molecular weight is 586 g/mol. The lowest BCUT2D eigenvalue weighted by Crippen LogP contribution is -2.15. The highest BCUT2D eigenvalue weighted by Crippen LogP contribution is 1.87. The summed E-state index contributed by atoms with van der Waals surface area (Å²) >= 11 is 0. The van der Waals surface area contributed by atoms with E-state index in [-0.39, 0.29) is 0 Å². The number of rotatable bonds is 37. The first-order valence-corrected chi connectivity index (χ1v) is 14.2. The van der Waals surface area contributed by atoms with Gasteiger partial charge in [-0.3, -0.25) is 0 Å². The maximum atomic E-state index is 5.46. The van der Waals surface area contributed by atoms with E-state index >= 15 is 0 Å². The Kier molecular flexibility index (Phi) is 37.5. The van der Waals surface area contributed by atoms with Crippen LogP contribution in [-0.4, -0.2) is 165 Å². The van der Waals surface area contributed by atoms with Crippen molar-refractivity contribution in [3.8, 4) is 0 Å². The van der Waals surface area contributed by atoms with E-state index in [4.69, 9.17) is 62.6 Å². The predicted molar refractivity (Wildman–Crippen MR) is 149 cm³/mol. The van der Waals surface area contributed by atoms with Gasteiger partial charge in [-0.05, 0) is 0 Å². The second kappa shape index (κ2) is 38.2. The van der Waals surface area contributed by atoms with Crippen LogP contribution < -0.4 is 5.73 Å². The van der Waals surface area contributed by atoms with Gasteiger partial charge in [0.05, 0.1) is 159 Å². The van der Waals surface area contributed by atoms with Gasteiger partial charge in [-0.25, -0.2) is 0 Å². The molecule has 0 atom stereocenters. The summed E-state index contributed by atoms with van der Waals surface area (Å²) < 4.78 is 64.7. The molecule has 0 saturated heterocycles. The van der Waals surface area contributed by atoms with Crippen molar-refractivity contribution < 1.29 is 56.8 Å². The summed E-state index contributed by atoms with van der Waals surface area (Å²) in [4.78, 5) is 0. The van der Waals surface area contributed by atoms with Gasteiger partial charge in [-0.2, -0.15) is 0 Å². The zero-order valence-electron chi connectivity index (χ0n) is 24.4. The summed E-state index contributed by atoms with van der Waals surface area (Å²) in [6, 6.07) is 0. The van der Waals surface area contributed by atoms with Crippen LogP contribution in [0.2, 0.25) is 0 Å². The fourth-order valence-corrected chi connectivity index (χ4v) is 2.67. The van der Waals surface area contributed by atoms with Gasteiger partial charge in [0.25, 0.3) is 0 Å². The van der Waals surface area contributed by atoms with Crippen molar-refractivity contribution in [2.45, 2.75) is 0 Å². The highest BCUT2D eigenvalue weighted by Gasteiger charge is 1.96. The zero-order valence-corrected chi connectivity index (χ0v) is 24.4. The van der Waals surface area contributed by atoms with Crippen LogP contribution in [0.4, 0.5) is 0 Å². The molecule has 0 radical (unpaired) electrons. The smallest absolute Gasteiger partial charge is 0.0704 e. The summed E-state index contributed by atoms with van der Waals surface area (Å²) in [6.45, 7) is 16.8. The van der Waals surface area contributed by atoms with Crippen molar-refractivity contribution in [1.82, 2.24) is 0 Å². The van der Waals surface area contributed by atoms with E-state index in [9.17, 15) is 0 Å². The monoisotopic (exact) mass is 585 g/mol. The fraction of sp³-hybridized carbons (Fsp3) is 0.926. The molecule has 0 aromatic rings. The minimum absolute atomic E-state index is 0.513. The number of hydrogen-bond donors (Lipinski definition) is 1. The van der Waals surface area contributed by atoms with Crippen molar-refractivity contribution in [3.63, 3.8) is 0 Å². The quantitative estimate of drug-likeness (QED) is 0.0793. The SMILES string of the molecule is C=CCOCCOCCOCCOCCOCCOCCOCCOCCOCCOCCOCCOCCN. The third-order valence-corrected chi connectivity index (χ3v) is 4.59. The third kappa shape index (κ3) is 37.2. The molecule has 0 unspecified atom stereocenters. The lowest BCUT2D eigenvalue weighted by Gasteiger charge is -2.09. The molecule has 0 amide bonds. The molecular weight excluding hydrogens is 530 g/mol. The van der Waals surface area contributed by atoms with Gasteiger partial charge in [0, 0.05) is 6.54 Å². The molecule has 0 spiro atoms. The Bertz CT molecular complexity index is 465. The molecule has 0 saturated carbocycles. The second-order valence-electron chi connectivity index (χ2n) is 7.89. The lowest BCUT2D eigenvalue weighted by atomic mass is 10.6. The molecule has 0 aliphatic carbocycles. The normalized spacial score (nSPS) is 11.4. The Hall–Kier alpha value is -0.780. The summed E-state index contributed by atoms with van der Waals surface area (Å²) in [5.41, 5.74) is 5.32. The highest BCUT2D eigenvalue weighted by molar-refractivity contribution is 4.63. The maximum Gasteiger partial charge on any atom is 0.0704 e. The van der Waals surface area contributed by atoms with Crippen LogP contribution in [0.5, 0.6) is 0 Å². The second-order valence-corrected chi connectivity index (χ2v) is 7.89.